The van der Waals surface area contributed by atoms with E-state index >= 15 is 0 Å². The number of nitrogens with one attached hydrogen (secondary N) is 1. The molecular formula is C19H24N2O3S. The molecule has 0 aliphatic carbocycles. The maximum atomic E-state index is 12.6. The van der Waals surface area contributed by atoms with Gasteiger partial charge in [-0.1, -0.05) is 26.0 Å². The number of nitrogens with zero attached hydrogens (tertiary/aromatic N) is 1. The Labute approximate surface area is 149 Å². The van der Waals surface area contributed by atoms with Gasteiger partial charge < -0.3 is 5.32 Å². The molecule has 0 unspecified atom stereocenters. The van der Waals surface area contributed by atoms with Gasteiger partial charge in [-0.05, 0) is 55.3 Å². The van der Waals surface area contributed by atoms with Crippen molar-refractivity contribution in [1.29, 1.82) is 0 Å². The summed E-state index contributed by atoms with van der Waals surface area (Å²) in [6.07, 6.45) is 0. The molecular weight excluding hydrogens is 336 g/mol. The second-order valence-electron chi connectivity index (χ2n) is 5.87. The lowest BCUT2D eigenvalue weighted by atomic mass is 10.1. The molecule has 1 amide bonds. The number of anilines is 1. The van der Waals surface area contributed by atoms with Gasteiger partial charge in [-0.15, -0.1) is 0 Å². The smallest absolute Gasteiger partial charge is 0.255 e. The zero-order chi connectivity index (χ0) is 18.6. The van der Waals surface area contributed by atoms with Crippen LogP contribution in [0.15, 0.2) is 47.4 Å². The van der Waals surface area contributed by atoms with Gasteiger partial charge in [0.2, 0.25) is 10.0 Å². The van der Waals surface area contributed by atoms with Gasteiger partial charge in [0.05, 0.1) is 4.90 Å². The van der Waals surface area contributed by atoms with Gasteiger partial charge in [0.15, 0.2) is 0 Å². The van der Waals surface area contributed by atoms with Crippen LogP contribution in [0.1, 0.15) is 35.3 Å². The lowest BCUT2D eigenvalue weighted by molar-refractivity contribution is 0.102. The Kier molecular flexibility index (Phi) is 5.98. The predicted molar refractivity (Wildman–Crippen MR) is 100 cm³/mol. The Morgan fingerprint density at radius 2 is 1.68 bits per heavy atom. The van der Waals surface area contributed by atoms with Crippen LogP contribution in [0.3, 0.4) is 0 Å². The highest BCUT2D eigenvalue weighted by molar-refractivity contribution is 7.89. The molecule has 2 rings (SSSR count). The molecule has 0 bridgehead atoms. The first kappa shape index (κ1) is 19.1. The van der Waals surface area contributed by atoms with Crippen molar-refractivity contribution in [3.63, 3.8) is 0 Å². The van der Waals surface area contributed by atoms with Crippen LogP contribution in [0.5, 0.6) is 0 Å². The number of hydrogen-bond acceptors (Lipinski definition) is 3. The fraction of sp³-hybridized carbons (Fsp3) is 0.316. The minimum atomic E-state index is -3.59. The van der Waals surface area contributed by atoms with Crippen molar-refractivity contribution in [2.45, 2.75) is 32.6 Å². The van der Waals surface area contributed by atoms with Gasteiger partial charge in [-0.3, -0.25) is 4.79 Å². The molecule has 1 N–H and O–H groups in total. The van der Waals surface area contributed by atoms with Crippen molar-refractivity contribution >= 4 is 21.6 Å². The third-order valence-corrected chi connectivity index (χ3v) is 6.25. The van der Waals surface area contributed by atoms with E-state index in [1.54, 1.807) is 26.0 Å². The molecule has 6 heteroatoms. The fourth-order valence-electron chi connectivity index (χ4n) is 2.53. The molecule has 25 heavy (non-hydrogen) atoms. The Bertz CT molecular complexity index is 872. The van der Waals surface area contributed by atoms with Gasteiger partial charge in [-0.2, -0.15) is 4.31 Å². The molecule has 0 radical (unpaired) electrons. The van der Waals surface area contributed by atoms with Crippen molar-refractivity contribution in [3.8, 4) is 0 Å². The van der Waals surface area contributed by atoms with Crippen LogP contribution in [0.4, 0.5) is 5.69 Å². The quantitative estimate of drug-likeness (QED) is 0.856. The third-order valence-electron chi connectivity index (χ3n) is 4.20. The lowest BCUT2D eigenvalue weighted by Crippen LogP contribution is -2.30. The Balaban J connectivity index is 2.28. The molecule has 2 aromatic carbocycles. The van der Waals surface area contributed by atoms with E-state index in [0.717, 1.165) is 11.1 Å². The van der Waals surface area contributed by atoms with E-state index in [0.29, 0.717) is 24.3 Å². The molecule has 0 saturated heterocycles. The monoisotopic (exact) mass is 360 g/mol. The standard InChI is InChI=1S/C19H24N2O3S/c1-5-21(6-2)25(23,24)18-9-7-8-16(13-18)19(22)20-17-11-10-14(3)15(4)12-17/h7-13H,5-6H2,1-4H3,(H,20,22). The summed E-state index contributed by atoms with van der Waals surface area (Å²) >= 11 is 0. The highest BCUT2D eigenvalue weighted by Gasteiger charge is 2.22. The number of sulfonamides is 1. The number of hydrogen-bond donors (Lipinski definition) is 1. The van der Waals surface area contributed by atoms with Gasteiger partial charge >= 0.3 is 0 Å². The van der Waals surface area contributed by atoms with Crippen LogP contribution in [-0.4, -0.2) is 31.7 Å². The summed E-state index contributed by atoms with van der Waals surface area (Å²) in [4.78, 5) is 12.6. The van der Waals surface area contributed by atoms with Crippen molar-refractivity contribution in [2.24, 2.45) is 0 Å². The average Bonchev–Trinajstić information content (AvgIpc) is 2.59. The minimum Gasteiger partial charge on any atom is -0.322 e. The normalized spacial score (nSPS) is 11.6. The predicted octanol–water partition coefficient (Wildman–Crippen LogP) is 3.59. The average molecular weight is 360 g/mol. The number of benzene rings is 2. The summed E-state index contributed by atoms with van der Waals surface area (Å²) < 4.78 is 26.6. The number of amides is 1. The molecule has 0 spiro atoms. The second kappa shape index (κ2) is 7.80. The number of aryl methyl sites for hydroxylation is 2. The molecule has 0 aromatic heterocycles. The Morgan fingerprint density at radius 3 is 2.28 bits per heavy atom. The highest BCUT2D eigenvalue weighted by Crippen LogP contribution is 2.19. The van der Waals surface area contributed by atoms with Crippen LogP contribution >= 0.6 is 0 Å². The fourth-order valence-corrected chi connectivity index (χ4v) is 4.04. The Hall–Kier alpha value is -2.18. The van der Waals surface area contributed by atoms with Crippen LogP contribution in [-0.2, 0) is 10.0 Å². The molecule has 0 aliphatic rings. The second-order valence-corrected chi connectivity index (χ2v) is 7.81. The van der Waals surface area contributed by atoms with Crippen molar-refractivity contribution in [2.75, 3.05) is 18.4 Å². The maximum Gasteiger partial charge on any atom is 0.255 e. The summed E-state index contributed by atoms with van der Waals surface area (Å²) in [7, 11) is -3.59. The number of carbonyl (C=O) groups is 1. The first-order valence-corrected chi connectivity index (χ1v) is 9.72. The van der Waals surface area contributed by atoms with E-state index in [-0.39, 0.29) is 10.8 Å². The van der Waals surface area contributed by atoms with Crippen LogP contribution in [0.2, 0.25) is 0 Å². The molecule has 0 saturated carbocycles. The first-order valence-electron chi connectivity index (χ1n) is 8.28. The zero-order valence-electron chi connectivity index (χ0n) is 15.0. The van der Waals surface area contributed by atoms with Crippen molar-refractivity contribution in [3.05, 3.63) is 59.2 Å². The number of carbonyl (C=O) groups excluding carboxylic acids is 1. The maximum absolute atomic E-state index is 12.6. The molecule has 2 aromatic rings. The molecule has 134 valence electrons. The summed E-state index contributed by atoms with van der Waals surface area (Å²) in [6, 6.07) is 11.8. The first-order chi connectivity index (χ1) is 11.8. The summed E-state index contributed by atoms with van der Waals surface area (Å²) in [5.41, 5.74) is 3.22. The van der Waals surface area contributed by atoms with E-state index in [1.807, 2.05) is 32.0 Å². The van der Waals surface area contributed by atoms with Crippen molar-refractivity contribution < 1.29 is 13.2 Å². The van der Waals surface area contributed by atoms with E-state index in [9.17, 15) is 13.2 Å². The van der Waals surface area contributed by atoms with E-state index in [1.165, 1.54) is 16.4 Å². The molecule has 0 atom stereocenters. The summed E-state index contributed by atoms with van der Waals surface area (Å²) in [5.74, 6) is -0.333. The van der Waals surface area contributed by atoms with Crippen LogP contribution < -0.4 is 5.32 Å². The third kappa shape index (κ3) is 4.27. The summed E-state index contributed by atoms with van der Waals surface area (Å²) in [5, 5.41) is 2.81. The molecule has 0 fully saturated rings. The van der Waals surface area contributed by atoms with E-state index in [4.69, 9.17) is 0 Å². The Morgan fingerprint density at radius 1 is 1.00 bits per heavy atom. The van der Waals surface area contributed by atoms with E-state index < -0.39 is 10.0 Å². The molecule has 0 aliphatic heterocycles. The lowest BCUT2D eigenvalue weighted by Gasteiger charge is -2.18. The van der Waals surface area contributed by atoms with E-state index in [2.05, 4.69) is 5.32 Å². The van der Waals surface area contributed by atoms with Gasteiger partial charge in [-0.25, -0.2) is 8.42 Å². The largest absolute Gasteiger partial charge is 0.322 e. The highest BCUT2D eigenvalue weighted by atomic mass is 32.2. The topological polar surface area (TPSA) is 66.5 Å². The van der Waals surface area contributed by atoms with Gasteiger partial charge in [0, 0.05) is 24.3 Å². The minimum absolute atomic E-state index is 0.129. The summed E-state index contributed by atoms with van der Waals surface area (Å²) in [6.45, 7) is 8.33. The zero-order valence-corrected chi connectivity index (χ0v) is 15.9. The SMILES string of the molecule is CCN(CC)S(=O)(=O)c1cccc(C(=O)Nc2ccc(C)c(C)c2)c1. The van der Waals surface area contributed by atoms with Crippen molar-refractivity contribution in [1.82, 2.24) is 4.31 Å². The van der Waals surface area contributed by atoms with Gasteiger partial charge in [0.25, 0.3) is 5.91 Å². The van der Waals surface area contributed by atoms with Crippen LogP contribution in [0.25, 0.3) is 0 Å². The number of rotatable bonds is 6. The van der Waals surface area contributed by atoms with Crippen LogP contribution in [0, 0.1) is 13.8 Å². The molecule has 5 nitrogen and oxygen atoms in total. The molecule has 0 heterocycles. The van der Waals surface area contributed by atoms with Gasteiger partial charge in [0.1, 0.15) is 0 Å².